The van der Waals surface area contributed by atoms with Crippen LogP contribution in [-0.2, 0) is 60.0 Å². The van der Waals surface area contributed by atoms with Gasteiger partial charge in [-0.15, -0.1) is 11.3 Å². The second-order valence-corrected chi connectivity index (χ2v) is 29.1. The van der Waals surface area contributed by atoms with Gasteiger partial charge < -0.3 is 72.7 Å². The van der Waals surface area contributed by atoms with E-state index in [-0.39, 0.29) is 5.82 Å². The molecule has 32 nitrogen and oxygen atoms in total. The SMILES string of the molecule is COCCNc1nc(C)nc2ccn(Cc3cccc(C)n3)c12.COCCNc1nc(C)nc2ccn(Cc3ccccn3)c12.COCCNc1nc(C)nc2ccn(Cc3nccs3)c12.Cc1nc(NCc2cc(C)on2)c2c(ccn2Cc2ncccc2F)n1.Cc1nc(NCc2cc(C3CC3)on2)c2c(ccn2Cc2ccccn2)n1. The average molecular weight is 1620 g/mol. The highest BCUT2D eigenvalue weighted by Gasteiger charge is 2.28. The van der Waals surface area contributed by atoms with Crippen LogP contribution in [0.3, 0.4) is 0 Å². The van der Waals surface area contributed by atoms with Crippen molar-refractivity contribution in [3.8, 4) is 0 Å². The van der Waals surface area contributed by atoms with E-state index in [0.717, 1.165) is 159 Å². The van der Waals surface area contributed by atoms with Gasteiger partial charge in [0.25, 0.3) is 0 Å². The number of anilines is 5. The molecule has 0 radical (unpaired) electrons. The first kappa shape index (κ1) is 82.1. The number of aromatic nitrogens is 22. The number of ether oxygens (including phenoxy) is 3. The molecule has 1 aliphatic rings. The predicted molar refractivity (Wildman–Crippen MR) is 456 cm³/mol. The number of nitrogens with zero attached hydrogens (tertiary/aromatic N) is 22. The number of rotatable bonds is 29. The molecule has 17 heterocycles. The molecular weight excluding hydrogens is 1530 g/mol. The Hall–Kier alpha value is -13.4. The molecule has 0 bridgehead atoms. The maximum absolute atomic E-state index is 14.0. The topological polar surface area (TPSA) is 358 Å². The van der Waals surface area contributed by atoms with Gasteiger partial charge in [0.2, 0.25) is 0 Å². The Kier molecular flexibility index (Phi) is 27.2. The van der Waals surface area contributed by atoms with E-state index in [1.165, 1.54) is 18.9 Å². The Morgan fingerprint density at radius 2 is 0.807 bits per heavy atom. The quantitative estimate of drug-likeness (QED) is 0.0272. The summed E-state index contributed by atoms with van der Waals surface area (Å²) in [6.07, 6.45) is 19.4. The molecular formula is C85H94FN27O5S. The molecule has 1 aliphatic carbocycles. The monoisotopic (exact) mass is 1620 g/mol. The second-order valence-electron chi connectivity index (χ2n) is 28.1. The van der Waals surface area contributed by atoms with Crippen LogP contribution in [0.2, 0.25) is 0 Å². The summed E-state index contributed by atoms with van der Waals surface area (Å²) in [6.45, 7) is 21.4. The van der Waals surface area contributed by atoms with Crippen molar-refractivity contribution in [2.24, 2.45) is 0 Å². The molecule has 17 aromatic rings. The van der Waals surface area contributed by atoms with Crippen LogP contribution in [0.25, 0.3) is 55.2 Å². The van der Waals surface area contributed by atoms with Crippen LogP contribution < -0.4 is 26.6 Å². The lowest BCUT2D eigenvalue weighted by Crippen LogP contribution is -2.12. The van der Waals surface area contributed by atoms with Crippen LogP contribution in [0.5, 0.6) is 0 Å². The minimum absolute atomic E-state index is 0.292. The van der Waals surface area contributed by atoms with E-state index >= 15 is 0 Å². The molecule has 0 atom stereocenters. The lowest BCUT2D eigenvalue weighted by Gasteiger charge is -2.11. The number of hydrogen-bond acceptors (Lipinski definition) is 28. The van der Waals surface area contributed by atoms with Gasteiger partial charge >= 0.3 is 0 Å². The molecule has 0 unspecified atom stereocenters. The van der Waals surface area contributed by atoms with Gasteiger partial charge in [-0.05, 0) is 140 Å². The summed E-state index contributed by atoms with van der Waals surface area (Å²) in [5, 5.41) is 27.9. The van der Waals surface area contributed by atoms with Crippen molar-refractivity contribution in [1.29, 1.82) is 0 Å². The fourth-order valence-electron chi connectivity index (χ4n) is 13.4. The summed E-state index contributed by atoms with van der Waals surface area (Å²) in [7, 11) is 5.06. The molecule has 0 amide bonds. The van der Waals surface area contributed by atoms with Gasteiger partial charge in [0.15, 0.2) is 29.1 Å². The standard InChI is InChI=1S/C20H20N6O.C18H17FN6O.C17H21N5O.C16H19N5O.C14H17N5OS/c1-13-23-17-7-9-26(12-15-4-2-3-8-21-15)19(17)20(24-13)22-11-16-10-18(27-25-16)14-5-6-14;1-11-8-13(24-26-11)9-21-18-17-15(22-12(2)23-18)5-7-25(17)10-16-14(19)4-3-6-20-16;1-12-5-4-6-14(19-12)11-22-9-7-15-16(22)17(18-8-10-23-3)21-13(2)20-15;1-12-19-14-6-9-21(11-13-5-3-4-7-17-13)15(14)16(20-12)18-8-10-22-2;1-10-17-11-3-6-19(9-12-15-5-8-21-12)13(11)14(18-10)16-4-7-20-2/h2-4,7-10,14H,5-6,11-12H2,1H3,(H,22,23,24);3-8H,9-10H2,1-2H3,(H,21,22,23);4-7,9H,8,10-11H2,1-3H3,(H,18,20,21);3-7,9H,8,10-11H2,1-2H3,(H,18,19,20);3,5-6,8H,4,7,9H2,1-2H3,(H,16,17,18). The first-order chi connectivity index (χ1) is 58.1. The molecule has 1 saturated carbocycles. The summed E-state index contributed by atoms with van der Waals surface area (Å²) in [5.41, 5.74) is 15.3. The summed E-state index contributed by atoms with van der Waals surface area (Å²) < 4.78 is 50.2. The lowest BCUT2D eigenvalue weighted by atomic mass is 10.3. The van der Waals surface area contributed by atoms with Crippen LogP contribution in [0.15, 0.2) is 179 Å². The molecule has 119 heavy (non-hydrogen) atoms. The third-order valence-electron chi connectivity index (χ3n) is 18.9. The number of hydrogen-bond donors (Lipinski definition) is 5. The van der Waals surface area contributed by atoms with Crippen LogP contribution in [-0.4, -0.2) is 169 Å². The second kappa shape index (κ2) is 39.5. The largest absolute Gasteiger partial charge is 0.383 e. The molecule has 0 spiro atoms. The molecule has 1 fully saturated rings. The fraction of sp³-hybridized carbons (Fsp3) is 0.306. The van der Waals surface area contributed by atoms with Crippen molar-refractivity contribution >= 4 is 95.6 Å². The van der Waals surface area contributed by atoms with Crippen molar-refractivity contribution < 1.29 is 27.6 Å². The third kappa shape index (κ3) is 21.6. The highest BCUT2D eigenvalue weighted by Crippen LogP contribution is 2.40. The predicted octanol–water partition coefficient (Wildman–Crippen LogP) is 14.0. The molecule has 17 aromatic heterocycles. The summed E-state index contributed by atoms with van der Waals surface area (Å²) in [4.78, 5) is 67.1. The molecule has 0 aliphatic heterocycles. The van der Waals surface area contributed by atoms with E-state index in [2.05, 4.69) is 130 Å². The van der Waals surface area contributed by atoms with Crippen LogP contribution >= 0.6 is 11.3 Å². The van der Waals surface area contributed by atoms with Gasteiger partial charge in [0, 0.05) is 126 Å². The molecule has 5 N–H and O–H groups in total. The Morgan fingerprint density at radius 1 is 0.395 bits per heavy atom. The zero-order valence-corrected chi connectivity index (χ0v) is 68.8. The average Bonchev–Trinajstić information content (AvgIpc) is 1.69. The third-order valence-corrected chi connectivity index (χ3v) is 19.6. The van der Waals surface area contributed by atoms with Crippen molar-refractivity contribution in [3.63, 3.8) is 0 Å². The lowest BCUT2D eigenvalue weighted by molar-refractivity contribution is 0.210. The smallest absolute Gasteiger partial charge is 0.154 e. The van der Waals surface area contributed by atoms with Crippen molar-refractivity contribution in [1.82, 2.24) is 108 Å². The Bertz CT molecular complexity index is 6160. The number of fused-ring (bicyclic) bond motifs is 5. The first-order valence-corrected chi connectivity index (χ1v) is 39.9. The molecule has 18 rings (SSSR count). The summed E-state index contributed by atoms with van der Waals surface area (Å²) >= 11 is 1.65. The minimum Gasteiger partial charge on any atom is -0.383 e. The summed E-state index contributed by atoms with van der Waals surface area (Å²) in [5.74, 6) is 9.60. The number of methoxy groups -OCH3 is 3. The van der Waals surface area contributed by atoms with Gasteiger partial charge in [-0.3, -0.25) is 19.9 Å². The molecule has 612 valence electrons. The Labute approximate surface area is 689 Å². The van der Waals surface area contributed by atoms with Crippen LogP contribution in [0, 0.1) is 54.3 Å². The molecule has 34 heteroatoms. The number of halogens is 1. The summed E-state index contributed by atoms with van der Waals surface area (Å²) in [6, 6.07) is 34.7. The van der Waals surface area contributed by atoms with E-state index in [9.17, 15) is 4.39 Å². The Morgan fingerprint density at radius 3 is 1.20 bits per heavy atom. The maximum Gasteiger partial charge on any atom is 0.154 e. The maximum atomic E-state index is 14.0. The van der Waals surface area contributed by atoms with Crippen molar-refractivity contribution in [2.75, 3.05) is 87.4 Å². The zero-order chi connectivity index (χ0) is 82.6. The zero-order valence-electron chi connectivity index (χ0n) is 68.0. The Balaban J connectivity index is 0.000000122. The number of thiazole rings is 1. The van der Waals surface area contributed by atoms with Crippen LogP contribution in [0.4, 0.5) is 33.5 Å². The normalized spacial score (nSPS) is 11.8. The molecule has 0 saturated heterocycles. The van der Waals surface area contributed by atoms with Crippen LogP contribution in [0.1, 0.15) is 104 Å². The van der Waals surface area contributed by atoms with E-state index in [1.54, 1.807) is 51.1 Å². The fourth-order valence-corrected chi connectivity index (χ4v) is 14.0. The number of pyridine rings is 4. The van der Waals surface area contributed by atoms with E-state index in [1.807, 2.05) is 199 Å². The van der Waals surface area contributed by atoms with Gasteiger partial charge in [-0.1, -0.05) is 28.5 Å². The van der Waals surface area contributed by atoms with E-state index in [0.29, 0.717) is 102 Å². The van der Waals surface area contributed by atoms with Crippen molar-refractivity contribution in [3.05, 3.63) is 262 Å². The minimum atomic E-state index is -0.338. The van der Waals surface area contributed by atoms with E-state index < -0.39 is 0 Å². The number of aryl methyl sites for hydroxylation is 7. The highest BCUT2D eigenvalue weighted by atomic mass is 32.1. The van der Waals surface area contributed by atoms with Gasteiger partial charge in [-0.2, -0.15) is 0 Å². The number of nitrogens with one attached hydrogen (secondary N) is 5. The van der Waals surface area contributed by atoms with Gasteiger partial charge in [0.1, 0.15) is 90.4 Å². The van der Waals surface area contributed by atoms with Gasteiger partial charge in [-0.25, -0.2) is 59.2 Å². The highest BCUT2D eigenvalue weighted by molar-refractivity contribution is 7.09. The molecule has 0 aromatic carbocycles. The first-order valence-electron chi connectivity index (χ1n) is 39.0. The van der Waals surface area contributed by atoms with Crippen molar-refractivity contribution in [2.45, 2.75) is 113 Å². The van der Waals surface area contributed by atoms with E-state index in [4.69, 9.17) is 23.3 Å². The van der Waals surface area contributed by atoms with Gasteiger partial charge in [0.05, 0.1) is 116 Å².